The monoisotopic (exact) mass is 269 g/mol. The fourth-order valence-corrected chi connectivity index (χ4v) is 2.05. The van der Waals surface area contributed by atoms with Crippen molar-refractivity contribution >= 4 is 23.4 Å². The molecular formula is C14H20ClNS. The molecule has 0 fully saturated rings. The fourth-order valence-electron chi connectivity index (χ4n) is 1.23. The maximum Gasteiger partial charge on any atom is 0.0334 e. The summed E-state index contributed by atoms with van der Waals surface area (Å²) < 4.78 is 0. The predicted molar refractivity (Wildman–Crippen MR) is 78.8 cm³/mol. The van der Waals surface area contributed by atoms with Crippen LogP contribution in [0.1, 0.15) is 26.3 Å². The first-order chi connectivity index (χ1) is 7.87. The van der Waals surface area contributed by atoms with E-state index in [1.165, 1.54) is 10.5 Å². The zero-order valence-corrected chi connectivity index (χ0v) is 12.3. The molecule has 0 saturated heterocycles. The quantitative estimate of drug-likeness (QED) is 0.794. The van der Waals surface area contributed by atoms with Gasteiger partial charge in [0.15, 0.2) is 0 Å². The Hall–Kier alpha value is -0.440. The predicted octanol–water partition coefficient (Wildman–Crippen LogP) is 4.42. The van der Waals surface area contributed by atoms with E-state index in [1.54, 1.807) is 11.8 Å². The third-order valence-electron chi connectivity index (χ3n) is 2.14. The third-order valence-corrected chi connectivity index (χ3v) is 3.53. The second kappa shape index (κ2) is 6.48. The van der Waals surface area contributed by atoms with Gasteiger partial charge in [0.25, 0.3) is 0 Å². The van der Waals surface area contributed by atoms with Crippen molar-refractivity contribution in [1.82, 2.24) is 5.32 Å². The Morgan fingerprint density at radius 3 is 2.35 bits per heavy atom. The normalized spacial score (nSPS) is 11.5. The molecule has 17 heavy (non-hydrogen) atoms. The molecule has 1 aromatic carbocycles. The molecule has 0 radical (unpaired) electrons. The Balaban J connectivity index is 2.47. The van der Waals surface area contributed by atoms with E-state index in [1.807, 2.05) is 0 Å². The lowest BCUT2D eigenvalue weighted by Crippen LogP contribution is -2.35. The lowest BCUT2D eigenvalue weighted by molar-refractivity contribution is 0.424. The summed E-state index contributed by atoms with van der Waals surface area (Å²) in [6.07, 6.45) is 0. The van der Waals surface area contributed by atoms with Gasteiger partial charge in [-0.2, -0.15) is 0 Å². The number of halogens is 1. The highest BCUT2D eigenvalue weighted by atomic mass is 35.5. The van der Waals surface area contributed by atoms with Crippen molar-refractivity contribution in [2.75, 3.05) is 5.75 Å². The molecule has 0 aliphatic rings. The van der Waals surface area contributed by atoms with Gasteiger partial charge >= 0.3 is 0 Å². The van der Waals surface area contributed by atoms with Crippen LogP contribution in [0.3, 0.4) is 0 Å². The second-order valence-electron chi connectivity index (χ2n) is 5.05. The van der Waals surface area contributed by atoms with E-state index in [0.29, 0.717) is 5.03 Å². The summed E-state index contributed by atoms with van der Waals surface area (Å²) in [6, 6.07) is 8.56. The van der Waals surface area contributed by atoms with Crippen molar-refractivity contribution in [3.05, 3.63) is 41.4 Å². The summed E-state index contributed by atoms with van der Waals surface area (Å²) in [7, 11) is 0. The van der Waals surface area contributed by atoms with Gasteiger partial charge in [0, 0.05) is 27.8 Å². The molecule has 0 aliphatic heterocycles. The number of hydrogen-bond donors (Lipinski definition) is 1. The van der Waals surface area contributed by atoms with Gasteiger partial charge in [0.1, 0.15) is 0 Å². The highest BCUT2D eigenvalue weighted by molar-refractivity contribution is 7.99. The van der Waals surface area contributed by atoms with Crippen LogP contribution in [0.5, 0.6) is 0 Å². The van der Waals surface area contributed by atoms with Gasteiger partial charge in [-0.15, -0.1) is 11.8 Å². The zero-order valence-electron chi connectivity index (χ0n) is 10.7. The molecule has 0 saturated carbocycles. The van der Waals surface area contributed by atoms with Gasteiger partial charge in [0.2, 0.25) is 0 Å². The summed E-state index contributed by atoms with van der Waals surface area (Å²) in [6.45, 7) is 11.1. The summed E-state index contributed by atoms with van der Waals surface area (Å²) >= 11 is 7.44. The topological polar surface area (TPSA) is 12.0 Å². The van der Waals surface area contributed by atoms with Gasteiger partial charge in [-0.05, 0) is 38.5 Å². The molecule has 0 aliphatic carbocycles. The third kappa shape index (κ3) is 6.77. The molecule has 1 rings (SSSR count). The molecule has 0 bridgehead atoms. The van der Waals surface area contributed by atoms with Crippen LogP contribution < -0.4 is 5.32 Å². The molecule has 3 heteroatoms. The molecular weight excluding hydrogens is 250 g/mol. The Labute approximate surface area is 114 Å². The molecule has 94 valence electrons. The lowest BCUT2D eigenvalue weighted by Gasteiger charge is -2.20. The lowest BCUT2D eigenvalue weighted by atomic mass is 10.1. The van der Waals surface area contributed by atoms with Crippen LogP contribution in [-0.4, -0.2) is 11.3 Å². The minimum Gasteiger partial charge on any atom is -0.308 e. The van der Waals surface area contributed by atoms with Crippen molar-refractivity contribution in [3.8, 4) is 0 Å². The second-order valence-corrected chi connectivity index (χ2v) is 6.64. The van der Waals surface area contributed by atoms with Crippen LogP contribution in [0.2, 0.25) is 0 Å². The minimum absolute atomic E-state index is 0.157. The summed E-state index contributed by atoms with van der Waals surface area (Å²) in [5, 5.41) is 4.15. The Kier molecular flexibility index (Phi) is 5.57. The van der Waals surface area contributed by atoms with E-state index in [9.17, 15) is 0 Å². The first kappa shape index (κ1) is 14.6. The van der Waals surface area contributed by atoms with Crippen molar-refractivity contribution in [2.45, 2.75) is 37.8 Å². The van der Waals surface area contributed by atoms with Gasteiger partial charge in [-0.1, -0.05) is 30.3 Å². The van der Waals surface area contributed by atoms with E-state index >= 15 is 0 Å². The molecule has 0 aromatic heterocycles. The zero-order chi connectivity index (χ0) is 12.9. The Bertz CT molecular complexity index is 365. The van der Waals surface area contributed by atoms with Gasteiger partial charge in [0.05, 0.1) is 0 Å². The average Bonchev–Trinajstić information content (AvgIpc) is 2.24. The summed E-state index contributed by atoms with van der Waals surface area (Å²) in [4.78, 5) is 1.23. The van der Waals surface area contributed by atoms with E-state index in [-0.39, 0.29) is 5.54 Å². The summed E-state index contributed by atoms with van der Waals surface area (Å²) in [5.74, 6) is 0.765. The van der Waals surface area contributed by atoms with Gasteiger partial charge in [-0.25, -0.2) is 0 Å². The molecule has 0 amide bonds. The maximum atomic E-state index is 5.73. The highest BCUT2D eigenvalue weighted by Gasteiger charge is 2.07. The fraction of sp³-hybridized carbons (Fsp3) is 0.429. The maximum absolute atomic E-state index is 5.73. The Morgan fingerprint density at radius 2 is 1.88 bits per heavy atom. The van der Waals surface area contributed by atoms with Crippen molar-refractivity contribution < 1.29 is 0 Å². The molecule has 0 spiro atoms. The first-order valence-corrected chi connectivity index (χ1v) is 7.03. The summed E-state index contributed by atoms with van der Waals surface area (Å²) in [5.41, 5.74) is 1.46. The van der Waals surface area contributed by atoms with Crippen molar-refractivity contribution in [3.63, 3.8) is 0 Å². The Morgan fingerprint density at radius 1 is 1.29 bits per heavy atom. The largest absolute Gasteiger partial charge is 0.308 e. The van der Waals surface area contributed by atoms with Crippen molar-refractivity contribution in [1.29, 1.82) is 0 Å². The van der Waals surface area contributed by atoms with Crippen LogP contribution in [-0.2, 0) is 6.54 Å². The number of hydrogen-bond acceptors (Lipinski definition) is 2. The van der Waals surface area contributed by atoms with E-state index < -0.39 is 0 Å². The van der Waals surface area contributed by atoms with E-state index in [2.05, 4.69) is 56.9 Å². The van der Waals surface area contributed by atoms with Crippen molar-refractivity contribution in [2.24, 2.45) is 0 Å². The molecule has 1 N–H and O–H groups in total. The van der Waals surface area contributed by atoms with Gasteiger partial charge in [-0.3, -0.25) is 0 Å². The van der Waals surface area contributed by atoms with Crippen LogP contribution >= 0.6 is 23.4 Å². The van der Waals surface area contributed by atoms with Crippen LogP contribution in [0.25, 0.3) is 0 Å². The van der Waals surface area contributed by atoms with Crippen LogP contribution in [0.4, 0.5) is 0 Å². The van der Waals surface area contributed by atoms with Crippen LogP contribution in [0, 0.1) is 0 Å². The standard InChI is InChI=1S/C14H20ClNS/c1-11(15)10-17-13-7-5-12(6-8-13)9-16-14(2,3)4/h5-8,16H,1,9-10H2,2-4H3. The number of thioether (sulfide) groups is 1. The van der Waals surface area contributed by atoms with E-state index in [4.69, 9.17) is 11.6 Å². The van der Waals surface area contributed by atoms with Crippen LogP contribution in [0.15, 0.2) is 40.8 Å². The highest BCUT2D eigenvalue weighted by Crippen LogP contribution is 2.21. The molecule has 0 atom stereocenters. The first-order valence-electron chi connectivity index (χ1n) is 5.67. The molecule has 1 nitrogen and oxygen atoms in total. The molecule has 1 aromatic rings. The molecule has 0 unspecified atom stereocenters. The number of rotatable bonds is 5. The average molecular weight is 270 g/mol. The number of nitrogens with one attached hydrogen (secondary N) is 1. The van der Waals surface area contributed by atoms with E-state index in [0.717, 1.165) is 12.3 Å². The molecule has 0 heterocycles. The number of benzene rings is 1. The SMILES string of the molecule is C=C(Cl)CSc1ccc(CNC(C)(C)C)cc1. The minimum atomic E-state index is 0.157. The smallest absolute Gasteiger partial charge is 0.0334 e. The van der Waals surface area contributed by atoms with Gasteiger partial charge < -0.3 is 5.32 Å².